The van der Waals surface area contributed by atoms with Gasteiger partial charge in [-0.05, 0) is 42.4 Å². The van der Waals surface area contributed by atoms with Crippen LogP contribution < -0.4 is 10.2 Å². The molecule has 2 fully saturated rings. The molecule has 7 heteroatoms. The third kappa shape index (κ3) is 2.71. The van der Waals surface area contributed by atoms with Crippen molar-refractivity contribution in [1.29, 1.82) is 0 Å². The smallest absolute Gasteiger partial charge is 0.245 e. The van der Waals surface area contributed by atoms with Crippen molar-refractivity contribution in [2.24, 2.45) is 0 Å². The first-order valence-corrected chi connectivity index (χ1v) is 8.42. The maximum atomic E-state index is 4.78. The molecule has 0 spiro atoms. The highest BCUT2D eigenvalue weighted by atomic mass is 16.6. The van der Waals surface area contributed by atoms with E-state index in [-0.39, 0.29) is 0 Å². The van der Waals surface area contributed by atoms with Crippen LogP contribution in [0.1, 0.15) is 51.4 Å². The highest BCUT2D eigenvalue weighted by molar-refractivity contribution is 5.74. The summed E-state index contributed by atoms with van der Waals surface area (Å²) in [5.74, 6) is 1.76. The first-order valence-electron chi connectivity index (χ1n) is 8.42. The molecule has 1 aliphatic heterocycles. The molecule has 0 atom stereocenters. The van der Waals surface area contributed by atoms with Gasteiger partial charge < -0.3 is 10.2 Å². The zero-order chi connectivity index (χ0) is 14.8. The van der Waals surface area contributed by atoms with Crippen LogP contribution >= 0.6 is 0 Å². The number of piperidine rings is 1. The number of anilines is 2. The van der Waals surface area contributed by atoms with Crippen LogP contribution in [0.3, 0.4) is 0 Å². The van der Waals surface area contributed by atoms with Crippen molar-refractivity contribution in [3.8, 4) is 0 Å². The van der Waals surface area contributed by atoms with Gasteiger partial charge >= 0.3 is 0 Å². The molecular formula is C15H22N6O. The maximum absolute atomic E-state index is 4.78. The second-order valence-corrected chi connectivity index (χ2v) is 6.33. The van der Waals surface area contributed by atoms with E-state index in [4.69, 9.17) is 4.63 Å². The second kappa shape index (κ2) is 6.06. The Morgan fingerprint density at radius 3 is 2.32 bits per heavy atom. The fourth-order valence-electron chi connectivity index (χ4n) is 3.49. The van der Waals surface area contributed by atoms with Crippen molar-refractivity contribution in [2.75, 3.05) is 23.3 Å². The Labute approximate surface area is 129 Å². The summed E-state index contributed by atoms with van der Waals surface area (Å²) >= 11 is 0. The van der Waals surface area contributed by atoms with Gasteiger partial charge in [-0.1, -0.05) is 19.3 Å². The Kier molecular flexibility index (Phi) is 3.78. The van der Waals surface area contributed by atoms with Crippen molar-refractivity contribution in [2.45, 2.75) is 57.4 Å². The van der Waals surface area contributed by atoms with Gasteiger partial charge in [-0.3, -0.25) is 0 Å². The minimum absolute atomic E-state index is 0.485. The van der Waals surface area contributed by atoms with E-state index in [1.165, 1.54) is 51.4 Å². The zero-order valence-electron chi connectivity index (χ0n) is 12.8. The molecule has 1 N–H and O–H groups in total. The number of nitrogens with one attached hydrogen (secondary N) is 1. The first-order chi connectivity index (χ1) is 10.9. The lowest BCUT2D eigenvalue weighted by atomic mass is 9.95. The molecule has 0 bridgehead atoms. The molecule has 2 aliphatic rings. The average molecular weight is 302 g/mol. The summed E-state index contributed by atoms with van der Waals surface area (Å²) in [5.41, 5.74) is 0.980. The maximum Gasteiger partial charge on any atom is 0.245 e. The average Bonchev–Trinajstić information content (AvgIpc) is 3.03. The minimum atomic E-state index is 0.485. The molecule has 0 unspecified atom stereocenters. The van der Waals surface area contributed by atoms with Crippen molar-refractivity contribution >= 4 is 22.9 Å². The standard InChI is InChI=1S/C15H22N6O/c1-3-7-11(8-4-1)16-14-15(21-9-5-2-6-10-21)18-13-12(17-14)19-22-20-13/h11H,1-10H2,(H,16,17,19). The van der Waals surface area contributed by atoms with Gasteiger partial charge in [0.05, 0.1) is 0 Å². The molecule has 22 heavy (non-hydrogen) atoms. The molecule has 2 aromatic heterocycles. The van der Waals surface area contributed by atoms with Crippen molar-refractivity contribution in [3.05, 3.63) is 0 Å². The topological polar surface area (TPSA) is 80.0 Å². The van der Waals surface area contributed by atoms with Gasteiger partial charge in [0.1, 0.15) is 0 Å². The second-order valence-electron chi connectivity index (χ2n) is 6.33. The summed E-state index contributed by atoms with van der Waals surface area (Å²) < 4.78 is 4.78. The molecule has 0 aromatic carbocycles. The van der Waals surface area contributed by atoms with Gasteiger partial charge in [-0.25, -0.2) is 14.6 Å². The number of nitrogens with zero attached hydrogens (tertiary/aromatic N) is 5. The molecule has 2 aromatic rings. The third-order valence-corrected chi connectivity index (χ3v) is 4.70. The molecule has 3 heterocycles. The SMILES string of the molecule is C1CCC(Nc2nc3nonc3nc2N2CCCCC2)CC1. The van der Waals surface area contributed by atoms with E-state index in [1.807, 2.05) is 0 Å². The van der Waals surface area contributed by atoms with Crippen LogP contribution in [0.2, 0.25) is 0 Å². The van der Waals surface area contributed by atoms with Gasteiger partial charge in [-0.15, -0.1) is 0 Å². The lowest BCUT2D eigenvalue weighted by Gasteiger charge is -2.30. The summed E-state index contributed by atoms with van der Waals surface area (Å²) in [7, 11) is 0. The van der Waals surface area contributed by atoms with Crippen molar-refractivity contribution in [1.82, 2.24) is 20.3 Å². The Morgan fingerprint density at radius 1 is 0.864 bits per heavy atom. The van der Waals surface area contributed by atoms with E-state index < -0.39 is 0 Å². The van der Waals surface area contributed by atoms with E-state index in [9.17, 15) is 0 Å². The van der Waals surface area contributed by atoms with E-state index in [1.54, 1.807) is 0 Å². The number of hydrogen-bond acceptors (Lipinski definition) is 7. The predicted molar refractivity (Wildman–Crippen MR) is 84.0 cm³/mol. The lowest BCUT2D eigenvalue weighted by molar-refractivity contribution is 0.314. The monoisotopic (exact) mass is 302 g/mol. The summed E-state index contributed by atoms with van der Waals surface area (Å²) in [6.45, 7) is 2.07. The van der Waals surface area contributed by atoms with Gasteiger partial charge in [0.2, 0.25) is 11.3 Å². The molecule has 118 valence electrons. The van der Waals surface area contributed by atoms with E-state index in [0.717, 1.165) is 24.7 Å². The van der Waals surface area contributed by atoms with Gasteiger partial charge in [0.15, 0.2) is 11.6 Å². The Morgan fingerprint density at radius 2 is 1.55 bits per heavy atom. The van der Waals surface area contributed by atoms with Crippen LogP contribution in [0.25, 0.3) is 11.3 Å². The number of rotatable bonds is 3. The third-order valence-electron chi connectivity index (χ3n) is 4.70. The summed E-state index contributed by atoms with van der Waals surface area (Å²) in [6, 6.07) is 0.490. The van der Waals surface area contributed by atoms with Gasteiger partial charge in [0.25, 0.3) is 0 Å². The highest BCUT2D eigenvalue weighted by Gasteiger charge is 2.22. The van der Waals surface area contributed by atoms with E-state index >= 15 is 0 Å². The van der Waals surface area contributed by atoms with Crippen molar-refractivity contribution in [3.63, 3.8) is 0 Å². The van der Waals surface area contributed by atoms with Crippen LogP contribution in [0.5, 0.6) is 0 Å². The molecule has 1 saturated carbocycles. The molecular weight excluding hydrogens is 280 g/mol. The lowest BCUT2D eigenvalue weighted by Crippen LogP contribution is -2.32. The Balaban J connectivity index is 1.66. The van der Waals surface area contributed by atoms with Crippen LogP contribution in [-0.4, -0.2) is 39.4 Å². The molecule has 1 aliphatic carbocycles. The van der Waals surface area contributed by atoms with Crippen molar-refractivity contribution < 1.29 is 4.63 Å². The van der Waals surface area contributed by atoms with Gasteiger partial charge in [-0.2, -0.15) is 0 Å². The number of aromatic nitrogens is 4. The molecule has 0 radical (unpaired) electrons. The molecule has 1 saturated heterocycles. The highest BCUT2D eigenvalue weighted by Crippen LogP contribution is 2.29. The first kappa shape index (κ1) is 13.7. The van der Waals surface area contributed by atoms with Crippen LogP contribution in [-0.2, 0) is 0 Å². The molecule has 0 amide bonds. The van der Waals surface area contributed by atoms with Crippen LogP contribution in [0.15, 0.2) is 4.63 Å². The fourth-order valence-corrected chi connectivity index (χ4v) is 3.49. The molecule has 4 rings (SSSR count). The Bertz CT molecular complexity index is 630. The fraction of sp³-hybridized carbons (Fsp3) is 0.733. The largest absolute Gasteiger partial charge is 0.364 e. The summed E-state index contributed by atoms with van der Waals surface area (Å²) in [6.07, 6.45) is 10.0. The van der Waals surface area contributed by atoms with Crippen LogP contribution in [0, 0.1) is 0 Å². The minimum Gasteiger partial charge on any atom is -0.364 e. The van der Waals surface area contributed by atoms with E-state index in [2.05, 4.69) is 30.5 Å². The Hall–Kier alpha value is -1.92. The normalized spacial score (nSPS) is 20.5. The van der Waals surface area contributed by atoms with Crippen LogP contribution in [0.4, 0.5) is 11.6 Å². The summed E-state index contributed by atoms with van der Waals surface area (Å²) in [5, 5.41) is 11.3. The quantitative estimate of drug-likeness (QED) is 0.933. The van der Waals surface area contributed by atoms with Gasteiger partial charge in [0, 0.05) is 19.1 Å². The molecule has 7 nitrogen and oxygen atoms in total. The number of hydrogen-bond donors (Lipinski definition) is 1. The zero-order valence-corrected chi connectivity index (χ0v) is 12.8. The summed E-state index contributed by atoms with van der Waals surface area (Å²) in [4.78, 5) is 11.6. The predicted octanol–water partition coefficient (Wildman–Crippen LogP) is 2.75. The number of fused-ring (bicyclic) bond motifs is 1. The van der Waals surface area contributed by atoms with E-state index in [0.29, 0.717) is 17.3 Å².